The molecule has 2 heterocycles. The molecule has 1 saturated heterocycles. The van der Waals surface area contributed by atoms with Crippen LogP contribution in [0.3, 0.4) is 0 Å². The van der Waals surface area contributed by atoms with Crippen molar-refractivity contribution < 1.29 is 9.90 Å². The Hall–Kier alpha value is -2.72. The standard InChI is InChI=1S/C22H22N2O2/c1-15-7-2-3-9-17(15)21-13-19(18-10-4-5-11-20(18)23-21)22(26)24-12-6-8-16(24)14-25/h2-5,7,9-11,13,16,25H,6,8,12,14H2,1H3. The molecule has 3 aromatic rings. The van der Waals surface area contributed by atoms with Crippen LogP contribution in [0.25, 0.3) is 22.2 Å². The Bertz CT molecular complexity index is 967. The number of aliphatic hydroxyl groups is 1. The number of hydrogen-bond donors (Lipinski definition) is 1. The van der Waals surface area contributed by atoms with Crippen LogP contribution < -0.4 is 0 Å². The van der Waals surface area contributed by atoms with Gasteiger partial charge in [0.25, 0.3) is 5.91 Å². The molecular weight excluding hydrogens is 324 g/mol. The van der Waals surface area contributed by atoms with Crippen molar-refractivity contribution in [1.82, 2.24) is 9.88 Å². The number of benzene rings is 2. The van der Waals surface area contributed by atoms with Crippen LogP contribution in [-0.2, 0) is 0 Å². The van der Waals surface area contributed by atoms with Gasteiger partial charge in [0, 0.05) is 17.5 Å². The molecule has 0 bridgehead atoms. The van der Waals surface area contributed by atoms with Crippen LogP contribution in [0.5, 0.6) is 0 Å². The van der Waals surface area contributed by atoms with Crippen molar-refractivity contribution in [3.63, 3.8) is 0 Å². The Morgan fingerprint density at radius 2 is 1.96 bits per heavy atom. The highest BCUT2D eigenvalue weighted by Gasteiger charge is 2.30. The largest absolute Gasteiger partial charge is 0.394 e. The van der Waals surface area contributed by atoms with Gasteiger partial charge < -0.3 is 10.0 Å². The number of aliphatic hydroxyl groups excluding tert-OH is 1. The molecule has 1 aromatic heterocycles. The van der Waals surface area contributed by atoms with Crippen molar-refractivity contribution >= 4 is 16.8 Å². The molecule has 1 fully saturated rings. The monoisotopic (exact) mass is 346 g/mol. The Kier molecular flexibility index (Phi) is 4.43. The maximum absolute atomic E-state index is 13.3. The quantitative estimate of drug-likeness (QED) is 0.785. The van der Waals surface area contributed by atoms with Crippen LogP contribution in [-0.4, -0.2) is 40.1 Å². The fourth-order valence-electron chi connectivity index (χ4n) is 3.80. The molecule has 4 heteroatoms. The summed E-state index contributed by atoms with van der Waals surface area (Å²) in [5.74, 6) is -0.0185. The topological polar surface area (TPSA) is 53.4 Å². The van der Waals surface area contributed by atoms with Crippen molar-refractivity contribution in [1.29, 1.82) is 0 Å². The molecule has 1 aliphatic rings. The third kappa shape index (κ3) is 2.86. The van der Waals surface area contributed by atoms with E-state index in [0.717, 1.165) is 40.6 Å². The molecule has 1 unspecified atom stereocenters. The molecule has 1 aliphatic heterocycles. The third-order valence-corrected chi connectivity index (χ3v) is 5.22. The summed E-state index contributed by atoms with van der Waals surface area (Å²) >= 11 is 0. The van der Waals surface area contributed by atoms with E-state index in [4.69, 9.17) is 4.98 Å². The van der Waals surface area contributed by atoms with Crippen molar-refractivity contribution in [3.8, 4) is 11.3 Å². The lowest BCUT2D eigenvalue weighted by Crippen LogP contribution is -2.37. The SMILES string of the molecule is Cc1ccccc1-c1cc(C(=O)N2CCCC2CO)c2ccccc2n1. The molecule has 26 heavy (non-hydrogen) atoms. The zero-order chi connectivity index (χ0) is 18.1. The van der Waals surface area contributed by atoms with Crippen LogP contribution >= 0.6 is 0 Å². The van der Waals surface area contributed by atoms with Gasteiger partial charge in [-0.05, 0) is 37.5 Å². The first-order valence-electron chi connectivity index (χ1n) is 9.06. The summed E-state index contributed by atoms with van der Waals surface area (Å²) in [7, 11) is 0. The molecule has 4 nitrogen and oxygen atoms in total. The van der Waals surface area contributed by atoms with E-state index < -0.39 is 0 Å². The Morgan fingerprint density at radius 1 is 1.19 bits per heavy atom. The Morgan fingerprint density at radius 3 is 2.77 bits per heavy atom. The van der Waals surface area contributed by atoms with Gasteiger partial charge in [-0.1, -0.05) is 42.5 Å². The molecule has 2 aromatic carbocycles. The van der Waals surface area contributed by atoms with E-state index in [1.54, 1.807) is 0 Å². The van der Waals surface area contributed by atoms with Gasteiger partial charge in [-0.25, -0.2) is 4.98 Å². The summed E-state index contributed by atoms with van der Waals surface area (Å²) < 4.78 is 0. The Balaban J connectivity index is 1.88. The first kappa shape index (κ1) is 16.7. The van der Waals surface area contributed by atoms with E-state index in [0.29, 0.717) is 12.1 Å². The van der Waals surface area contributed by atoms with Gasteiger partial charge in [-0.2, -0.15) is 0 Å². The van der Waals surface area contributed by atoms with E-state index in [-0.39, 0.29) is 18.6 Å². The van der Waals surface area contributed by atoms with E-state index in [1.165, 1.54) is 0 Å². The Labute approximate surface area is 153 Å². The molecule has 0 aliphatic carbocycles. The number of rotatable bonds is 3. The van der Waals surface area contributed by atoms with E-state index >= 15 is 0 Å². The van der Waals surface area contributed by atoms with Crippen molar-refractivity contribution in [2.75, 3.05) is 13.2 Å². The van der Waals surface area contributed by atoms with Crippen LogP contribution in [0.2, 0.25) is 0 Å². The summed E-state index contributed by atoms with van der Waals surface area (Å²) in [5, 5.41) is 10.5. The highest BCUT2D eigenvalue weighted by Crippen LogP contribution is 2.29. The average molecular weight is 346 g/mol. The highest BCUT2D eigenvalue weighted by molar-refractivity contribution is 6.07. The lowest BCUT2D eigenvalue weighted by Gasteiger charge is -2.24. The number of hydrogen-bond acceptors (Lipinski definition) is 3. The molecule has 1 N–H and O–H groups in total. The van der Waals surface area contributed by atoms with Gasteiger partial charge in [0.15, 0.2) is 0 Å². The number of pyridine rings is 1. The maximum atomic E-state index is 13.3. The second-order valence-electron chi connectivity index (χ2n) is 6.86. The average Bonchev–Trinajstić information content (AvgIpc) is 3.16. The van der Waals surface area contributed by atoms with Gasteiger partial charge >= 0.3 is 0 Å². The fraction of sp³-hybridized carbons (Fsp3) is 0.273. The number of fused-ring (bicyclic) bond motifs is 1. The second kappa shape index (κ2) is 6.89. The molecular formula is C22H22N2O2. The molecule has 1 atom stereocenters. The first-order valence-corrected chi connectivity index (χ1v) is 9.06. The molecule has 4 rings (SSSR count). The minimum absolute atomic E-state index is 0.0133. The number of nitrogens with zero attached hydrogens (tertiary/aromatic N) is 2. The van der Waals surface area contributed by atoms with Crippen LogP contribution in [0.4, 0.5) is 0 Å². The van der Waals surface area contributed by atoms with E-state index in [2.05, 4.69) is 13.0 Å². The molecule has 1 amide bonds. The van der Waals surface area contributed by atoms with E-state index in [1.807, 2.05) is 53.4 Å². The van der Waals surface area contributed by atoms with Gasteiger partial charge in [0.05, 0.1) is 29.4 Å². The summed E-state index contributed by atoms with van der Waals surface area (Å²) in [6.45, 7) is 2.76. The van der Waals surface area contributed by atoms with Gasteiger partial charge in [-0.15, -0.1) is 0 Å². The molecule has 0 spiro atoms. The molecule has 0 radical (unpaired) electrons. The predicted octanol–water partition coefficient (Wildman–Crippen LogP) is 3.81. The van der Waals surface area contributed by atoms with Crippen LogP contribution in [0.1, 0.15) is 28.8 Å². The van der Waals surface area contributed by atoms with Crippen molar-refractivity contribution in [3.05, 3.63) is 65.7 Å². The minimum Gasteiger partial charge on any atom is -0.394 e. The number of likely N-dealkylation sites (tertiary alicyclic amines) is 1. The van der Waals surface area contributed by atoms with E-state index in [9.17, 15) is 9.90 Å². The highest BCUT2D eigenvalue weighted by atomic mass is 16.3. The number of carbonyl (C=O) groups is 1. The normalized spacial score (nSPS) is 17.0. The lowest BCUT2D eigenvalue weighted by molar-refractivity contribution is 0.0679. The number of carbonyl (C=O) groups excluding carboxylic acids is 1. The predicted molar refractivity (Wildman–Crippen MR) is 103 cm³/mol. The fourth-order valence-corrected chi connectivity index (χ4v) is 3.80. The maximum Gasteiger partial charge on any atom is 0.254 e. The lowest BCUT2D eigenvalue weighted by atomic mass is 10.0. The summed E-state index contributed by atoms with van der Waals surface area (Å²) in [4.78, 5) is 19.9. The number of aromatic nitrogens is 1. The third-order valence-electron chi connectivity index (χ3n) is 5.22. The van der Waals surface area contributed by atoms with Crippen molar-refractivity contribution in [2.24, 2.45) is 0 Å². The van der Waals surface area contributed by atoms with Gasteiger partial charge in [-0.3, -0.25) is 4.79 Å². The minimum atomic E-state index is -0.0867. The number of para-hydroxylation sites is 1. The number of amides is 1. The van der Waals surface area contributed by atoms with Gasteiger partial charge in [0.2, 0.25) is 0 Å². The van der Waals surface area contributed by atoms with Crippen LogP contribution in [0.15, 0.2) is 54.6 Å². The summed E-state index contributed by atoms with van der Waals surface area (Å²) in [6.07, 6.45) is 1.79. The second-order valence-corrected chi connectivity index (χ2v) is 6.86. The zero-order valence-electron chi connectivity index (χ0n) is 14.9. The smallest absolute Gasteiger partial charge is 0.254 e. The molecule has 132 valence electrons. The van der Waals surface area contributed by atoms with Crippen molar-refractivity contribution in [2.45, 2.75) is 25.8 Å². The van der Waals surface area contributed by atoms with Gasteiger partial charge in [0.1, 0.15) is 0 Å². The zero-order valence-corrected chi connectivity index (χ0v) is 14.9. The first-order chi connectivity index (χ1) is 12.7. The van der Waals surface area contributed by atoms with Crippen LogP contribution in [0, 0.1) is 6.92 Å². The summed E-state index contributed by atoms with van der Waals surface area (Å²) in [6, 6.07) is 17.7. The number of aryl methyl sites for hydroxylation is 1. The molecule has 0 saturated carbocycles. The summed E-state index contributed by atoms with van der Waals surface area (Å²) in [5.41, 5.74) is 4.45.